The molecule has 2 heterocycles. The third-order valence-corrected chi connectivity index (χ3v) is 4.53. The number of benzene rings is 1. The van der Waals surface area contributed by atoms with Gasteiger partial charge in [-0.05, 0) is 67.8 Å². The van der Waals surface area contributed by atoms with E-state index in [-0.39, 0.29) is 6.03 Å². The standard InChI is InChI=1S/C22H24N4O/c1-16-12-18(3)21(13-17(16)2)25-22(27)26(14-19-8-4-6-10-23-19)15-20-9-5-7-11-24-20/h4-13H,14-15H2,1-3H3,(H,25,27). The van der Waals surface area contributed by atoms with Gasteiger partial charge in [0.15, 0.2) is 0 Å². The largest absolute Gasteiger partial charge is 0.322 e. The number of aryl methyl sites for hydroxylation is 3. The van der Waals surface area contributed by atoms with Crippen molar-refractivity contribution < 1.29 is 4.79 Å². The highest BCUT2D eigenvalue weighted by Crippen LogP contribution is 2.21. The van der Waals surface area contributed by atoms with E-state index in [1.54, 1.807) is 17.3 Å². The highest BCUT2D eigenvalue weighted by atomic mass is 16.2. The summed E-state index contributed by atoms with van der Waals surface area (Å²) in [7, 11) is 0. The van der Waals surface area contributed by atoms with E-state index in [1.807, 2.05) is 56.3 Å². The molecule has 3 rings (SSSR count). The van der Waals surface area contributed by atoms with Crippen LogP contribution in [0, 0.1) is 20.8 Å². The molecule has 1 N–H and O–H groups in total. The molecule has 0 saturated heterocycles. The Hall–Kier alpha value is -3.21. The van der Waals surface area contributed by atoms with Crippen LogP contribution in [0.5, 0.6) is 0 Å². The van der Waals surface area contributed by atoms with Crippen LogP contribution in [0.4, 0.5) is 10.5 Å². The Morgan fingerprint density at radius 3 is 1.93 bits per heavy atom. The highest BCUT2D eigenvalue weighted by molar-refractivity contribution is 5.90. The van der Waals surface area contributed by atoms with Crippen LogP contribution >= 0.6 is 0 Å². The van der Waals surface area contributed by atoms with Crippen LogP contribution in [-0.2, 0) is 13.1 Å². The predicted molar refractivity (Wildman–Crippen MR) is 107 cm³/mol. The van der Waals surface area contributed by atoms with Crippen molar-refractivity contribution in [2.45, 2.75) is 33.9 Å². The summed E-state index contributed by atoms with van der Waals surface area (Å²) in [6, 6.07) is 15.3. The van der Waals surface area contributed by atoms with E-state index >= 15 is 0 Å². The first-order chi connectivity index (χ1) is 13.0. The first kappa shape index (κ1) is 18.6. The second-order valence-corrected chi connectivity index (χ2v) is 6.68. The van der Waals surface area contributed by atoms with Gasteiger partial charge in [0, 0.05) is 18.1 Å². The van der Waals surface area contributed by atoms with Crippen LogP contribution in [0.2, 0.25) is 0 Å². The Balaban J connectivity index is 1.82. The monoisotopic (exact) mass is 360 g/mol. The Bertz CT molecular complexity index is 869. The lowest BCUT2D eigenvalue weighted by Gasteiger charge is -2.23. The number of amides is 2. The third kappa shape index (κ3) is 4.91. The van der Waals surface area contributed by atoms with E-state index in [1.165, 1.54) is 5.56 Å². The second kappa shape index (κ2) is 8.45. The molecule has 0 spiro atoms. The molecule has 0 aliphatic carbocycles. The molecular formula is C22H24N4O. The molecule has 0 radical (unpaired) electrons. The Labute approximate surface area is 160 Å². The zero-order valence-corrected chi connectivity index (χ0v) is 15.9. The number of nitrogens with one attached hydrogen (secondary N) is 1. The lowest BCUT2D eigenvalue weighted by molar-refractivity contribution is 0.205. The van der Waals surface area contributed by atoms with Gasteiger partial charge in [-0.25, -0.2) is 4.79 Å². The number of pyridine rings is 2. The summed E-state index contributed by atoms with van der Waals surface area (Å²) in [5, 5.41) is 3.05. The van der Waals surface area contributed by atoms with Gasteiger partial charge in [-0.3, -0.25) is 9.97 Å². The molecule has 2 amide bonds. The summed E-state index contributed by atoms with van der Waals surface area (Å²) in [4.78, 5) is 23.5. The van der Waals surface area contributed by atoms with Gasteiger partial charge in [0.1, 0.15) is 0 Å². The van der Waals surface area contributed by atoms with Crippen molar-refractivity contribution in [1.82, 2.24) is 14.9 Å². The zero-order chi connectivity index (χ0) is 19.2. The summed E-state index contributed by atoms with van der Waals surface area (Å²) in [6.07, 6.45) is 3.47. The van der Waals surface area contributed by atoms with Crippen molar-refractivity contribution in [3.8, 4) is 0 Å². The van der Waals surface area contributed by atoms with Gasteiger partial charge in [-0.1, -0.05) is 18.2 Å². The van der Waals surface area contributed by atoms with E-state index < -0.39 is 0 Å². The first-order valence-corrected chi connectivity index (χ1v) is 8.96. The highest BCUT2D eigenvalue weighted by Gasteiger charge is 2.17. The minimum Gasteiger partial charge on any atom is -0.313 e. The van der Waals surface area contributed by atoms with E-state index in [4.69, 9.17) is 0 Å². The van der Waals surface area contributed by atoms with Crippen LogP contribution < -0.4 is 5.32 Å². The molecule has 0 aliphatic rings. The van der Waals surface area contributed by atoms with E-state index in [0.29, 0.717) is 13.1 Å². The number of hydrogen-bond acceptors (Lipinski definition) is 3. The fourth-order valence-corrected chi connectivity index (χ4v) is 2.86. The molecule has 2 aromatic heterocycles. The molecule has 0 saturated carbocycles. The molecule has 0 aliphatic heterocycles. The van der Waals surface area contributed by atoms with Crippen molar-refractivity contribution in [2.75, 3.05) is 5.32 Å². The quantitative estimate of drug-likeness (QED) is 0.721. The first-order valence-electron chi connectivity index (χ1n) is 8.96. The molecule has 5 heteroatoms. The molecule has 1 aromatic carbocycles. The fourth-order valence-electron chi connectivity index (χ4n) is 2.86. The number of nitrogens with zero attached hydrogens (tertiary/aromatic N) is 3. The van der Waals surface area contributed by atoms with E-state index in [0.717, 1.165) is 28.2 Å². The Kier molecular flexibility index (Phi) is 5.81. The molecule has 5 nitrogen and oxygen atoms in total. The SMILES string of the molecule is Cc1cc(C)c(NC(=O)N(Cc2ccccn2)Cc2ccccn2)cc1C. The van der Waals surface area contributed by atoms with Gasteiger partial charge in [0.25, 0.3) is 0 Å². The molecule has 0 unspecified atom stereocenters. The Morgan fingerprint density at radius 2 is 1.41 bits per heavy atom. The number of anilines is 1. The minimum absolute atomic E-state index is 0.169. The summed E-state index contributed by atoms with van der Waals surface area (Å²) in [5.41, 5.74) is 5.90. The maximum atomic E-state index is 13.0. The number of rotatable bonds is 5. The van der Waals surface area contributed by atoms with Crippen molar-refractivity contribution in [3.05, 3.63) is 89.0 Å². The summed E-state index contributed by atoms with van der Waals surface area (Å²) in [6.45, 7) is 6.94. The number of hydrogen-bond donors (Lipinski definition) is 1. The third-order valence-electron chi connectivity index (χ3n) is 4.53. The van der Waals surface area contributed by atoms with Crippen LogP contribution in [0.25, 0.3) is 0 Å². The average Bonchev–Trinajstić information content (AvgIpc) is 2.67. The lowest BCUT2D eigenvalue weighted by atomic mass is 10.1. The molecular weight excluding hydrogens is 336 g/mol. The molecule has 27 heavy (non-hydrogen) atoms. The number of carbonyl (C=O) groups is 1. The summed E-state index contributed by atoms with van der Waals surface area (Å²) < 4.78 is 0. The van der Waals surface area contributed by atoms with Gasteiger partial charge in [0.2, 0.25) is 0 Å². The molecule has 0 atom stereocenters. The van der Waals surface area contributed by atoms with Gasteiger partial charge in [-0.2, -0.15) is 0 Å². The topological polar surface area (TPSA) is 58.1 Å². The van der Waals surface area contributed by atoms with Gasteiger partial charge in [0.05, 0.1) is 24.5 Å². The van der Waals surface area contributed by atoms with Crippen LogP contribution in [0.1, 0.15) is 28.1 Å². The number of carbonyl (C=O) groups excluding carboxylic acids is 1. The van der Waals surface area contributed by atoms with E-state index in [9.17, 15) is 4.79 Å². The van der Waals surface area contributed by atoms with Crippen molar-refractivity contribution >= 4 is 11.7 Å². The average molecular weight is 360 g/mol. The molecule has 0 fully saturated rings. The summed E-state index contributed by atoms with van der Waals surface area (Å²) in [5.74, 6) is 0. The Morgan fingerprint density at radius 1 is 0.852 bits per heavy atom. The molecule has 3 aromatic rings. The van der Waals surface area contributed by atoms with Gasteiger partial charge < -0.3 is 10.2 Å². The minimum atomic E-state index is -0.169. The zero-order valence-electron chi connectivity index (χ0n) is 15.9. The van der Waals surface area contributed by atoms with Crippen LogP contribution in [0.3, 0.4) is 0 Å². The fraction of sp³-hybridized carbons (Fsp3) is 0.227. The van der Waals surface area contributed by atoms with Gasteiger partial charge in [-0.15, -0.1) is 0 Å². The van der Waals surface area contributed by atoms with Crippen molar-refractivity contribution in [1.29, 1.82) is 0 Å². The maximum Gasteiger partial charge on any atom is 0.322 e. The maximum absolute atomic E-state index is 13.0. The molecule has 0 bridgehead atoms. The smallest absolute Gasteiger partial charge is 0.313 e. The van der Waals surface area contributed by atoms with Crippen LogP contribution in [0.15, 0.2) is 60.9 Å². The number of urea groups is 1. The lowest BCUT2D eigenvalue weighted by Crippen LogP contribution is -2.34. The van der Waals surface area contributed by atoms with Crippen molar-refractivity contribution in [2.24, 2.45) is 0 Å². The van der Waals surface area contributed by atoms with E-state index in [2.05, 4.69) is 28.3 Å². The van der Waals surface area contributed by atoms with Gasteiger partial charge >= 0.3 is 6.03 Å². The number of aromatic nitrogens is 2. The predicted octanol–water partition coefficient (Wildman–Crippen LogP) is 4.64. The van der Waals surface area contributed by atoms with Crippen molar-refractivity contribution in [3.63, 3.8) is 0 Å². The molecule has 138 valence electrons. The summed E-state index contributed by atoms with van der Waals surface area (Å²) >= 11 is 0. The normalized spacial score (nSPS) is 10.5. The van der Waals surface area contributed by atoms with Crippen LogP contribution in [-0.4, -0.2) is 20.9 Å². The second-order valence-electron chi connectivity index (χ2n) is 6.68.